The molecule has 7 nitrogen and oxygen atoms in total. The van der Waals surface area contributed by atoms with Gasteiger partial charge in [-0.2, -0.15) is 0 Å². The molecule has 2 aromatic carbocycles. The van der Waals surface area contributed by atoms with Crippen molar-refractivity contribution in [1.29, 1.82) is 0 Å². The van der Waals surface area contributed by atoms with E-state index in [1.807, 2.05) is 70.5 Å². The summed E-state index contributed by atoms with van der Waals surface area (Å²) in [7, 11) is -6.18. The molecule has 2 atom stereocenters. The molecular weight excluding hydrogens is 472 g/mol. The Bertz CT molecular complexity index is 1090. The van der Waals surface area contributed by atoms with Crippen LogP contribution in [0.25, 0.3) is 0 Å². The van der Waals surface area contributed by atoms with Crippen LogP contribution in [0, 0.1) is 0 Å². The van der Waals surface area contributed by atoms with E-state index in [2.05, 4.69) is 0 Å². The van der Waals surface area contributed by atoms with Crippen molar-refractivity contribution in [2.45, 2.75) is 38.0 Å². The maximum atomic E-state index is 13.3. The average Bonchev–Trinajstić information content (AvgIpc) is 3.35. The van der Waals surface area contributed by atoms with Crippen LogP contribution in [-0.2, 0) is 37.6 Å². The van der Waals surface area contributed by atoms with Gasteiger partial charge in [-0.1, -0.05) is 60.7 Å². The van der Waals surface area contributed by atoms with Crippen LogP contribution in [0.4, 0.5) is 0 Å². The lowest BCUT2D eigenvalue weighted by Gasteiger charge is -2.31. The number of sulfone groups is 2. The number of benzene rings is 2. The van der Waals surface area contributed by atoms with Crippen molar-refractivity contribution in [2.24, 2.45) is 0 Å². The van der Waals surface area contributed by atoms with E-state index in [0.717, 1.165) is 11.1 Å². The molecule has 2 aromatic rings. The molecule has 2 saturated heterocycles. The second-order valence-electron chi connectivity index (χ2n) is 9.43. The van der Waals surface area contributed by atoms with Gasteiger partial charge in [0.1, 0.15) is 0 Å². The molecule has 0 aliphatic carbocycles. The molecule has 184 valence electrons. The summed E-state index contributed by atoms with van der Waals surface area (Å²) >= 11 is 0. The number of ketones is 1. The molecule has 2 aliphatic rings. The third kappa shape index (κ3) is 6.97. The lowest BCUT2D eigenvalue weighted by molar-refractivity contribution is -0.122. The summed E-state index contributed by atoms with van der Waals surface area (Å²) in [6.45, 7) is 1.28. The highest BCUT2D eigenvalue weighted by Gasteiger charge is 2.35. The second kappa shape index (κ2) is 10.7. The highest BCUT2D eigenvalue weighted by molar-refractivity contribution is 7.91. The Hall–Kier alpha value is -2.07. The molecule has 0 amide bonds. The van der Waals surface area contributed by atoms with Gasteiger partial charge < -0.3 is 0 Å². The van der Waals surface area contributed by atoms with Crippen LogP contribution in [0.15, 0.2) is 60.7 Å². The largest absolute Gasteiger partial charge is 0.297 e. The number of carbonyl (C=O) groups is 1. The lowest BCUT2D eigenvalue weighted by atomic mass is 10.1. The molecule has 0 bridgehead atoms. The molecule has 0 unspecified atom stereocenters. The number of Topliss-reactive ketones (excluding diaryl/α,β-unsaturated/α-hetero) is 1. The Labute approximate surface area is 202 Å². The van der Waals surface area contributed by atoms with Crippen molar-refractivity contribution in [3.63, 3.8) is 0 Å². The van der Waals surface area contributed by atoms with E-state index in [1.54, 1.807) is 0 Å². The zero-order valence-electron chi connectivity index (χ0n) is 19.3. The van der Waals surface area contributed by atoms with Gasteiger partial charge in [0, 0.05) is 25.2 Å². The Kier molecular flexibility index (Phi) is 7.87. The Balaban J connectivity index is 1.49. The quantitative estimate of drug-likeness (QED) is 0.488. The van der Waals surface area contributed by atoms with Gasteiger partial charge in [-0.15, -0.1) is 0 Å². The summed E-state index contributed by atoms with van der Waals surface area (Å²) in [4.78, 5) is 17.3. The molecule has 34 heavy (non-hydrogen) atoms. The van der Waals surface area contributed by atoms with Gasteiger partial charge in [0.15, 0.2) is 25.5 Å². The highest BCUT2D eigenvalue weighted by Crippen LogP contribution is 2.22. The molecule has 0 N–H and O–H groups in total. The summed E-state index contributed by atoms with van der Waals surface area (Å²) in [5, 5.41) is 0. The molecule has 4 rings (SSSR count). The zero-order valence-corrected chi connectivity index (χ0v) is 20.9. The Morgan fingerprint density at radius 1 is 0.676 bits per heavy atom. The molecule has 0 aromatic heterocycles. The average molecular weight is 505 g/mol. The topological polar surface area (TPSA) is 91.8 Å². The second-order valence-corrected chi connectivity index (χ2v) is 13.9. The third-order valence-electron chi connectivity index (χ3n) is 6.67. The maximum absolute atomic E-state index is 13.3. The first-order chi connectivity index (χ1) is 16.2. The standard InChI is InChI=1S/C25H32N2O5S2/c28-25(17-26(15-21-7-3-1-4-8-21)23-11-13-33(29,30)19-23)18-27(16-22-9-5-2-6-10-22)24-12-14-34(31,32)20-24/h1-10,23-24H,11-20H2/t23-,24-/m0/s1. The Morgan fingerprint density at radius 2 is 1.06 bits per heavy atom. The fourth-order valence-electron chi connectivity index (χ4n) is 4.89. The van der Waals surface area contributed by atoms with Gasteiger partial charge in [0.05, 0.1) is 36.1 Å². The van der Waals surface area contributed by atoms with Crippen LogP contribution >= 0.6 is 0 Å². The first-order valence-electron chi connectivity index (χ1n) is 11.7. The van der Waals surface area contributed by atoms with Gasteiger partial charge in [-0.3, -0.25) is 14.6 Å². The van der Waals surface area contributed by atoms with Crippen LogP contribution in [0.3, 0.4) is 0 Å². The predicted octanol–water partition coefficient (Wildman–Crippen LogP) is 1.93. The summed E-state index contributed by atoms with van der Waals surface area (Å²) in [5.74, 6) is 0.415. The number of carbonyl (C=O) groups excluding carboxylic acids is 1. The first kappa shape index (κ1) is 25.0. The third-order valence-corrected chi connectivity index (χ3v) is 10.2. The van der Waals surface area contributed by atoms with E-state index in [0.29, 0.717) is 25.9 Å². The molecular formula is C25H32N2O5S2. The van der Waals surface area contributed by atoms with Crippen LogP contribution in [-0.4, -0.2) is 80.6 Å². The van der Waals surface area contributed by atoms with Crippen LogP contribution in [0.5, 0.6) is 0 Å². The lowest BCUT2D eigenvalue weighted by Crippen LogP contribution is -2.45. The molecule has 2 fully saturated rings. The minimum absolute atomic E-state index is 0.0274. The minimum atomic E-state index is -3.09. The van der Waals surface area contributed by atoms with Crippen molar-refractivity contribution >= 4 is 25.5 Å². The van der Waals surface area contributed by atoms with Crippen LogP contribution in [0.1, 0.15) is 24.0 Å². The SMILES string of the molecule is O=C(CN(Cc1ccccc1)[C@H]1CCS(=O)(=O)C1)CN(Cc1ccccc1)[C@H]1CCS(=O)(=O)C1. The fourth-order valence-corrected chi connectivity index (χ4v) is 8.42. The van der Waals surface area contributed by atoms with Gasteiger partial charge in [-0.05, 0) is 24.0 Å². The molecule has 0 saturated carbocycles. The number of hydrogen-bond donors (Lipinski definition) is 0. The summed E-state index contributed by atoms with van der Waals surface area (Å²) in [5.41, 5.74) is 2.06. The monoisotopic (exact) mass is 504 g/mol. The van der Waals surface area contributed by atoms with E-state index in [9.17, 15) is 21.6 Å². The van der Waals surface area contributed by atoms with Crippen molar-refractivity contribution in [3.05, 3.63) is 71.8 Å². The molecule has 0 spiro atoms. The van der Waals surface area contributed by atoms with Gasteiger partial charge in [0.2, 0.25) is 0 Å². The highest BCUT2D eigenvalue weighted by atomic mass is 32.2. The van der Waals surface area contributed by atoms with E-state index in [1.165, 1.54) is 0 Å². The summed E-state index contributed by atoms with van der Waals surface area (Å²) < 4.78 is 48.5. The van der Waals surface area contributed by atoms with Crippen LogP contribution < -0.4 is 0 Å². The van der Waals surface area contributed by atoms with Gasteiger partial charge in [-0.25, -0.2) is 16.8 Å². The van der Waals surface area contributed by atoms with Gasteiger partial charge in [0.25, 0.3) is 0 Å². The first-order valence-corrected chi connectivity index (χ1v) is 15.3. The predicted molar refractivity (Wildman–Crippen MR) is 133 cm³/mol. The van der Waals surface area contributed by atoms with E-state index in [-0.39, 0.29) is 54.0 Å². The molecule has 0 radical (unpaired) electrons. The number of rotatable bonds is 10. The van der Waals surface area contributed by atoms with Crippen molar-refractivity contribution < 1.29 is 21.6 Å². The molecule has 9 heteroatoms. The molecule has 2 aliphatic heterocycles. The normalized spacial score (nSPS) is 23.5. The van der Waals surface area contributed by atoms with Crippen molar-refractivity contribution in [3.8, 4) is 0 Å². The minimum Gasteiger partial charge on any atom is -0.297 e. The number of hydrogen-bond acceptors (Lipinski definition) is 7. The maximum Gasteiger partial charge on any atom is 0.160 e. The zero-order chi connectivity index (χ0) is 24.2. The number of nitrogens with zero attached hydrogens (tertiary/aromatic N) is 2. The van der Waals surface area contributed by atoms with E-state index in [4.69, 9.17) is 0 Å². The van der Waals surface area contributed by atoms with Crippen LogP contribution in [0.2, 0.25) is 0 Å². The summed E-state index contributed by atoms with van der Waals surface area (Å²) in [6, 6.07) is 19.1. The Morgan fingerprint density at radius 3 is 1.38 bits per heavy atom. The van der Waals surface area contributed by atoms with Gasteiger partial charge >= 0.3 is 0 Å². The van der Waals surface area contributed by atoms with E-state index >= 15 is 0 Å². The molecule has 2 heterocycles. The van der Waals surface area contributed by atoms with Crippen molar-refractivity contribution in [2.75, 3.05) is 36.1 Å². The smallest absolute Gasteiger partial charge is 0.160 e. The van der Waals surface area contributed by atoms with E-state index < -0.39 is 19.7 Å². The fraction of sp³-hybridized carbons (Fsp3) is 0.480. The van der Waals surface area contributed by atoms with Crippen molar-refractivity contribution in [1.82, 2.24) is 9.80 Å². The summed E-state index contributed by atoms with van der Waals surface area (Å²) in [6.07, 6.45) is 1.05.